The Hall–Kier alpha value is -1.33. The summed E-state index contributed by atoms with van der Waals surface area (Å²) in [6.45, 7) is 8.09. The highest BCUT2D eigenvalue weighted by atomic mass is 35.5. The monoisotopic (exact) mass is 271 g/mol. The van der Waals surface area contributed by atoms with E-state index in [1.165, 1.54) is 11.0 Å². The van der Waals surface area contributed by atoms with E-state index in [1.54, 1.807) is 6.07 Å². The molecule has 0 spiro atoms. The number of hydrogen-bond donors (Lipinski definition) is 2. The minimum Gasteiger partial charge on any atom is -0.543 e. The topological polar surface area (TPSA) is 69.5 Å². The zero-order valence-corrected chi connectivity index (χ0v) is 11.4. The Labute approximate surface area is 112 Å². The fourth-order valence-electron chi connectivity index (χ4n) is 1.65. The van der Waals surface area contributed by atoms with Gasteiger partial charge in [-0.1, -0.05) is 11.6 Å². The molecule has 0 aromatic carbocycles. The van der Waals surface area contributed by atoms with Crippen LogP contribution in [0.5, 0.6) is 0 Å². The molecule has 0 bridgehead atoms. The predicted molar refractivity (Wildman–Crippen MR) is 69.0 cm³/mol. The van der Waals surface area contributed by atoms with Gasteiger partial charge in [0.1, 0.15) is 11.5 Å². The maximum absolute atomic E-state index is 10.8. The average molecular weight is 272 g/mol. The van der Waals surface area contributed by atoms with Gasteiger partial charge in [0.15, 0.2) is 0 Å². The molecule has 18 heavy (non-hydrogen) atoms. The van der Waals surface area contributed by atoms with Gasteiger partial charge in [-0.05, 0) is 26.0 Å². The van der Waals surface area contributed by atoms with Crippen molar-refractivity contribution < 1.29 is 14.8 Å². The number of anilines is 1. The molecule has 100 valence electrons. The first-order chi connectivity index (χ1) is 8.58. The molecule has 0 aliphatic rings. The second-order valence-electron chi connectivity index (χ2n) is 3.95. The summed E-state index contributed by atoms with van der Waals surface area (Å²) in [5, 5.41) is 13.9. The number of pyridine rings is 1. The van der Waals surface area contributed by atoms with Gasteiger partial charge in [0.25, 0.3) is 0 Å². The molecule has 0 atom stereocenters. The Morgan fingerprint density at radius 1 is 1.44 bits per heavy atom. The van der Waals surface area contributed by atoms with Crippen molar-refractivity contribution in [3.05, 3.63) is 22.8 Å². The fourth-order valence-corrected chi connectivity index (χ4v) is 1.84. The minimum absolute atomic E-state index is 0.0925. The van der Waals surface area contributed by atoms with Crippen molar-refractivity contribution in [1.29, 1.82) is 0 Å². The Balaban J connectivity index is 2.58. The molecule has 0 amide bonds. The van der Waals surface area contributed by atoms with Gasteiger partial charge in [0.05, 0.1) is 37.2 Å². The average Bonchev–Trinajstić information content (AvgIpc) is 2.36. The Morgan fingerprint density at radius 3 is 2.67 bits per heavy atom. The van der Waals surface area contributed by atoms with Gasteiger partial charge in [-0.25, -0.2) is 4.98 Å². The van der Waals surface area contributed by atoms with Crippen molar-refractivity contribution in [3.63, 3.8) is 0 Å². The lowest BCUT2D eigenvalue weighted by Crippen LogP contribution is -3.12. The van der Waals surface area contributed by atoms with E-state index in [1.807, 2.05) is 0 Å². The molecule has 6 heteroatoms. The summed E-state index contributed by atoms with van der Waals surface area (Å²) in [5.41, 5.74) is -0.225. The number of carbonyl (C=O) groups is 1. The predicted octanol–water partition coefficient (Wildman–Crippen LogP) is -0.565. The smallest absolute Gasteiger partial charge is 0.127 e. The third-order valence-corrected chi connectivity index (χ3v) is 3.13. The van der Waals surface area contributed by atoms with E-state index in [0.29, 0.717) is 5.82 Å². The number of nitrogens with one attached hydrogen (secondary N) is 2. The standard InChI is InChI=1S/C12H18ClN3O2/c1-3-16(4-2)8-7-14-10-6-5-9(13)11(15-10)12(17)18/h5-6H,3-4,7-8H2,1-2H3,(H,14,15)(H,17,18). The molecule has 1 heterocycles. The summed E-state index contributed by atoms with van der Waals surface area (Å²) in [6.07, 6.45) is 0. The summed E-state index contributed by atoms with van der Waals surface area (Å²) in [4.78, 5) is 16.1. The third kappa shape index (κ3) is 4.16. The quantitative estimate of drug-likeness (QED) is 0.697. The Kier molecular flexibility index (Phi) is 5.88. The van der Waals surface area contributed by atoms with Gasteiger partial charge in [-0.3, -0.25) is 0 Å². The molecule has 1 aromatic rings. The lowest BCUT2D eigenvalue weighted by Gasteiger charge is -2.16. The lowest BCUT2D eigenvalue weighted by molar-refractivity contribution is -0.894. The van der Waals surface area contributed by atoms with Crippen LogP contribution < -0.4 is 15.3 Å². The van der Waals surface area contributed by atoms with Crippen LogP contribution in [0.2, 0.25) is 5.02 Å². The second-order valence-corrected chi connectivity index (χ2v) is 4.36. The number of quaternary nitrogens is 1. The van der Waals surface area contributed by atoms with Gasteiger partial charge < -0.3 is 20.1 Å². The van der Waals surface area contributed by atoms with E-state index in [4.69, 9.17) is 11.6 Å². The summed E-state index contributed by atoms with van der Waals surface area (Å²) >= 11 is 5.71. The van der Waals surface area contributed by atoms with E-state index < -0.39 is 5.97 Å². The van der Waals surface area contributed by atoms with E-state index in [-0.39, 0.29) is 10.7 Å². The van der Waals surface area contributed by atoms with Gasteiger partial charge in [0, 0.05) is 0 Å². The van der Waals surface area contributed by atoms with Crippen LogP contribution in [-0.4, -0.2) is 37.1 Å². The first-order valence-corrected chi connectivity index (χ1v) is 6.41. The van der Waals surface area contributed by atoms with Gasteiger partial charge in [-0.2, -0.15) is 0 Å². The first kappa shape index (κ1) is 14.7. The summed E-state index contributed by atoms with van der Waals surface area (Å²) in [6, 6.07) is 3.17. The number of aromatic nitrogens is 1. The molecule has 0 radical (unpaired) electrons. The third-order valence-electron chi connectivity index (χ3n) is 2.82. The highest BCUT2D eigenvalue weighted by molar-refractivity contribution is 6.33. The van der Waals surface area contributed by atoms with Crippen LogP contribution in [0, 0.1) is 0 Å². The molecular weight excluding hydrogens is 254 g/mol. The van der Waals surface area contributed by atoms with Crippen LogP contribution in [0.25, 0.3) is 0 Å². The molecule has 5 nitrogen and oxygen atoms in total. The number of carbonyl (C=O) groups excluding carboxylic acids is 1. The van der Waals surface area contributed by atoms with E-state index >= 15 is 0 Å². The normalized spacial score (nSPS) is 10.7. The zero-order valence-electron chi connectivity index (χ0n) is 10.6. The number of aromatic carboxylic acids is 1. The maximum Gasteiger partial charge on any atom is 0.127 e. The molecule has 0 fully saturated rings. The fraction of sp³-hybridized carbons (Fsp3) is 0.500. The molecule has 1 aromatic heterocycles. The minimum atomic E-state index is -1.36. The van der Waals surface area contributed by atoms with Crippen LogP contribution in [0.1, 0.15) is 24.3 Å². The molecule has 0 aliphatic heterocycles. The van der Waals surface area contributed by atoms with Crippen molar-refractivity contribution in [2.45, 2.75) is 13.8 Å². The van der Waals surface area contributed by atoms with Crippen molar-refractivity contribution in [1.82, 2.24) is 4.98 Å². The van der Waals surface area contributed by atoms with Crippen molar-refractivity contribution in [2.75, 3.05) is 31.5 Å². The molecular formula is C12H18ClN3O2. The zero-order chi connectivity index (χ0) is 13.5. The van der Waals surface area contributed by atoms with Crippen LogP contribution in [0.3, 0.4) is 0 Å². The SMILES string of the molecule is CC[NH+](CC)CCNc1ccc(Cl)c(C(=O)[O-])n1. The molecule has 0 aliphatic carbocycles. The van der Waals surface area contributed by atoms with Crippen molar-refractivity contribution in [2.24, 2.45) is 0 Å². The van der Waals surface area contributed by atoms with Crippen LogP contribution in [0.4, 0.5) is 5.82 Å². The summed E-state index contributed by atoms with van der Waals surface area (Å²) in [7, 11) is 0. The number of rotatable bonds is 7. The number of likely N-dealkylation sites (N-methyl/N-ethyl adjacent to an activating group) is 1. The van der Waals surface area contributed by atoms with E-state index in [9.17, 15) is 9.90 Å². The number of carboxylic acids is 1. The Morgan fingerprint density at radius 2 is 2.11 bits per heavy atom. The van der Waals surface area contributed by atoms with Crippen LogP contribution in [-0.2, 0) is 0 Å². The van der Waals surface area contributed by atoms with Gasteiger partial charge in [0.2, 0.25) is 0 Å². The highest BCUT2D eigenvalue weighted by Gasteiger charge is 2.06. The van der Waals surface area contributed by atoms with E-state index in [2.05, 4.69) is 24.1 Å². The van der Waals surface area contributed by atoms with Crippen LogP contribution >= 0.6 is 11.6 Å². The van der Waals surface area contributed by atoms with Crippen molar-refractivity contribution >= 4 is 23.4 Å². The largest absolute Gasteiger partial charge is 0.543 e. The molecule has 0 saturated heterocycles. The second kappa shape index (κ2) is 7.18. The van der Waals surface area contributed by atoms with Gasteiger partial charge >= 0.3 is 0 Å². The first-order valence-electron chi connectivity index (χ1n) is 6.03. The van der Waals surface area contributed by atoms with Crippen molar-refractivity contribution in [3.8, 4) is 0 Å². The highest BCUT2D eigenvalue weighted by Crippen LogP contribution is 2.15. The van der Waals surface area contributed by atoms with Crippen LogP contribution in [0.15, 0.2) is 12.1 Å². The lowest BCUT2D eigenvalue weighted by atomic mass is 10.3. The summed E-state index contributed by atoms with van der Waals surface area (Å²) < 4.78 is 0. The maximum atomic E-state index is 10.8. The number of halogens is 1. The molecule has 2 N–H and O–H groups in total. The number of nitrogens with zero attached hydrogens (tertiary/aromatic N) is 1. The summed E-state index contributed by atoms with van der Waals surface area (Å²) in [5.74, 6) is -0.858. The number of carboxylic acid groups (broad SMARTS) is 1. The Bertz CT molecular complexity index is 408. The molecule has 0 unspecified atom stereocenters. The molecule has 0 saturated carbocycles. The molecule has 1 rings (SSSR count). The van der Waals surface area contributed by atoms with E-state index in [0.717, 1.165) is 26.2 Å². The van der Waals surface area contributed by atoms with Gasteiger partial charge in [-0.15, -0.1) is 0 Å². The number of hydrogen-bond acceptors (Lipinski definition) is 4.